The van der Waals surface area contributed by atoms with E-state index in [9.17, 15) is 0 Å². The van der Waals surface area contributed by atoms with Crippen molar-refractivity contribution in [3.05, 3.63) is 72.1 Å². The van der Waals surface area contributed by atoms with E-state index in [2.05, 4.69) is 34.9 Å². The summed E-state index contributed by atoms with van der Waals surface area (Å²) in [6, 6.07) is 8.63. The van der Waals surface area contributed by atoms with Gasteiger partial charge in [-0.25, -0.2) is 0 Å². The molecule has 0 aromatic heterocycles. The van der Waals surface area contributed by atoms with Gasteiger partial charge in [0, 0.05) is 18.9 Å². The zero-order chi connectivity index (χ0) is 11.8. The maximum absolute atomic E-state index is 3.34. The number of hydrogen-bond donors (Lipinski definition) is 2. The molecule has 0 saturated carbocycles. The third-order valence-corrected chi connectivity index (χ3v) is 2.72. The second-order valence-electron chi connectivity index (χ2n) is 3.97. The summed E-state index contributed by atoms with van der Waals surface area (Å²) in [5, 5.41) is 6.26. The van der Waals surface area contributed by atoms with Crippen LogP contribution < -0.4 is 10.6 Å². The zero-order valence-corrected chi connectivity index (χ0v) is 9.89. The molecule has 0 bridgehead atoms. The van der Waals surface area contributed by atoms with Crippen LogP contribution in [0.5, 0.6) is 0 Å². The second kappa shape index (κ2) is 6.71. The molecule has 2 nitrogen and oxygen atoms in total. The fraction of sp³-hybridized carbons (Fsp3) is 0.200. The van der Waals surface area contributed by atoms with E-state index in [0.29, 0.717) is 0 Å². The molecule has 88 valence electrons. The van der Waals surface area contributed by atoms with Crippen LogP contribution in [0.3, 0.4) is 0 Å². The lowest BCUT2D eigenvalue weighted by molar-refractivity contribution is 0.644. The lowest BCUT2D eigenvalue weighted by Gasteiger charge is -2.15. The Morgan fingerprint density at radius 1 is 0.824 bits per heavy atom. The smallest absolute Gasteiger partial charge is 0.0208 e. The van der Waals surface area contributed by atoms with Crippen molar-refractivity contribution in [3.8, 4) is 0 Å². The predicted molar refractivity (Wildman–Crippen MR) is 72.4 cm³/mol. The van der Waals surface area contributed by atoms with Gasteiger partial charge < -0.3 is 10.6 Å². The van der Waals surface area contributed by atoms with Crippen molar-refractivity contribution in [2.45, 2.75) is 13.0 Å². The van der Waals surface area contributed by atoms with Gasteiger partial charge in [0.25, 0.3) is 0 Å². The summed E-state index contributed by atoms with van der Waals surface area (Å²) < 4.78 is 0. The van der Waals surface area contributed by atoms with Gasteiger partial charge in [-0.2, -0.15) is 0 Å². The fourth-order valence-electron chi connectivity index (χ4n) is 1.83. The van der Waals surface area contributed by atoms with Crippen LogP contribution in [0.1, 0.15) is 11.1 Å². The molecule has 1 aromatic rings. The molecule has 3 rings (SSSR count). The molecule has 0 aliphatic carbocycles. The Morgan fingerprint density at radius 3 is 2.24 bits per heavy atom. The molecule has 0 fully saturated rings. The van der Waals surface area contributed by atoms with E-state index in [0.717, 1.165) is 13.1 Å². The first-order valence-corrected chi connectivity index (χ1v) is 5.99. The molecule has 0 unspecified atom stereocenters. The highest BCUT2D eigenvalue weighted by Crippen LogP contribution is 2.11. The topological polar surface area (TPSA) is 24.1 Å². The first-order valence-electron chi connectivity index (χ1n) is 5.99. The van der Waals surface area contributed by atoms with Gasteiger partial charge in [0.2, 0.25) is 0 Å². The van der Waals surface area contributed by atoms with Crippen LogP contribution in [0.15, 0.2) is 61.0 Å². The van der Waals surface area contributed by atoms with E-state index < -0.39 is 0 Å². The number of allylic oxidation sites excluding steroid dienone is 4. The molecular formula is C15H18N2. The van der Waals surface area contributed by atoms with Gasteiger partial charge in [0.15, 0.2) is 0 Å². The number of nitrogens with one attached hydrogen (secondary N) is 2. The van der Waals surface area contributed by atoms with Crippen molar-refractivity contribution in [3.63, 3.8) is 0 Å². The Balaban J connectivity index is 0.000000136. The van der Waals surface area contributed by atoms with Crippen LogP contribution in [0.4, 0.5) is 0 Å². The minimum atomic E-state index is 1.05. The first-order chi connectivity index (χ1) is 8.47. The minimum absolute atomic E-state index is 1.05. The molecule has 1 aromatic carbocycles. The molecule has 2 heteroatoms. The van der Waals surface area contributed by atoms with Gasteiger partial charge in [-0.05, 0) is 36.2 Å². The first kappa shape index (κ1) is 11.7. The summed E-state index contributed by atoms with van der Waals surface area (Å²) in [5.74, 6) is 0. The van der Waals surface area contributed by atoms with Crippen molar-refractivity contribution in [1.82, 2.24) is 10.6 Å². The van der Waals surface area contributed by atoms with E-state index in [1.54, 1.807) is 0 Å². The quantitative estimate of drug-likeness (QED) is 0.710. The molecule has 2 N–H and O–H groups in total. The zero-order valence-electron chi connectivity index (χ0n) is 9.89. The van der Waals surface area contributed by atoms with Gasteiger partial charge in [-0.1, -0.05) is 36.4 Å². The Kier molecular flexibility index (Phi) is 4.61. The number of rotatable bonds is 0. The van der Waals surface area contributed by atoms with E-state index in [1.165, 1.54) is 17.5 Å². The van der Waals surface area contributed by atoms with Crippen LogP contribution >= 0.6 is 0 Å². The molecule has 0 amide bonds. The highest BCUT2D eigenvalue weighted by molar-refractivity contribution is 5.28. The summed E-state index contributed by atoms with van der Waals surface area (Å²) in [7, 11) is 0. The maximum Gasteiger partial charge on any atom is 0.0208 e. The van der Waals surface area contributed by atoms with E-state index in [-0.39, 0.29) is 0 Å². The van der Waals surface area contributed by atoms with Gasteiger partial charge >= 0.3 is 0 Å². The summed E-state index contributed by atoms with van der Waals surface area (Å²) in [6.45, 7) is 2.19. The number of fused-ring (bicyclic) bond motifs is 1. The van der Waals surface area contributed by atoms with E-state index >= 15 is 0 Å². The molecule has 0 atom stereocenters. The molecule has 2 aliphatic rings. The maximum atomic E-state index is 3.34. The van der Waals surface area contributed by atoms with E-state index in [1.807, 2.05) is 36.7 Å². The van der Waals surface area contributed by atoms with Gasteiger partial charge in [-0.15, -0.1) is 0 Å². The predicted octanol–water partition coefficient (Wildman–Crippen LogP) is 2.51. The molecule has 0 radical (unpaired) electrons. The number of benzene rings is 1. The van der Waals surface area contributed by atoms with Crippen molar-refractivity contribution in [2.24, 2.45) is 0 Å². The van der Waals surface area contributed by atoms with E-state index in [4.69, 9.17) is 0 Å². The highest BCUT2D eigenvalue weighted by Gasteiger charge is 2.05. The Bertz CT molecular complexity index is 391. The van der Waals surface area contributed by atoms with Crippen molar-refractivity contribution >= 4 is 0 Å². The molecule has 0 saturated heterocycles. The third-order valence-electron chi connectivity index (χ3n) is 2.72. The molecular weight excluding hydrogens is 208 g/mol. The Morgan fingerprint density at radius 2 is 1.53 bits per heavy atom. The third kappa shape index (κ3) is 3.93. The van der Waals surface area contributed by atoms with Crippen molar-refractivity contribution < 1.29 is 0 Å². The van der Waals surface area contributed by atoms with Crippen LogP contribution in [-0.4, -0.2) is 6.54 Å². The molecule has 2 heterocycles. The van der Waals surface area contributed by atoms with Crippen LogP contribution in [0.25, 0.3) is 0 Å². The summed E-state index contributed by atoms with van der Waals surface area (Å²) in [5.41, 5.74) is 2.98. The van der Waals surface area contributed by atoms with Crippen molar-refractivity contribution in [1.29, 1.82) is 0 Å². The Labute approximate surface area is 103 Å². The highest BCUT2D eigenvalue weighted by atomic mass is 14.9. The second-order valence-corrected chi connectivity index (χ2v) is 3.97. The molecule has 17 heavy (non-hydrogen) atoms. The summed E-state index contributed by atoms with van der Waals surface area (Å²) in [4.78, 5) is 0. The fourth-order valence-corrected chi connectivity index (χ4v) is 1.83. The van der Waals surface area contributed by atoms with Gasteiger partial charge in [0.1, 0.15) is 0 Å². The van der Waals surface area contributed by atoms with Crippen LogP contribution in [-0.2, 0) is 13.0 Å². The van der Waals surface area contributed by atoms with Crippen LogP contribution in [0.2, 0.25) is 0 Å². The average Bonchev–Trinajstić information content (AvgIpc) is 2.72. The Hall–Kier alpha value is -1.80. The monoisotopic (exact) mass is 226 g/mol. The lowest BCUT2D eigenvalue weighted by Crippen LogP contribution is -2.23. The summed E-state index contributed by atoms with van der Waals surface area (Å²) in [6.07, 6.45) is 12.8. The SMILES string of the molecule is C1=CC=CNC=C1.c1ccc2c(c1)CCNC2. The normalized spacial score (nSPS) is 16.2. The molecule has 2 aliphatic heterocycles. The number of hydrogen-bond acceptors (Lipinski definition) is 2. The standard InChI is InChI=1S/C9H11N.C6H7N/c1-2-4-9-7-10-6-5-8(9)3-1;1-2-4-6-7-5-3-1/h1-4,10H,5-7H2;1-7H. The lowest BCUT2D eigenvalue weighted by atomic mass is 10.0. The van der Waals surface area contributed by atoms with Gasteiger partial charge in [0.05, 0.1) is 0 Å². The van der Waals surface area contributed by atoms with Crippen LogP contribution in [0, 0.1) is 0 Å². The summed E-state index contributed by atoms with van der Waals surface area (Å²) >= 11 is 0. The van der Waals surface area contributed by atoms with Crippen molar-refractivity contribution in [2.75, 3.05) is 6.54 Å². The largest absolute Gasteiger partial charge is 0.368 e. The van der Waals surface area contributed by atoms with Gasteiger partial charge in [-0.3, -0.25) is 0 Å². The minimum Gasteiger partial charge on any atom is -0.368 e. The average molecular weight is 226 g/mol. The molecule has 0 spiro atoms.